The van der Waals surface area contributed by atoms with Gasteiger partial charge in [-0.15, -0.1) is 0 Å². The van der Waals surface area contributed by atoms with Crippen molar-refractivity contribution in [3.05, 3.63) is 18.0 Å². The van der Waals surface area contributed by atoms with Crippen molar-refractivity contribution >= 4 is 0 Å². The fourth-order valence-electron chi connectivity index (χ4n) is 1.80. The molecule has 0 aliphatic carbocycles. The predicted octanol–water partition coefficient (Wildman–Crippen LogP) is 1.40. The summed E-state index contributed by atoms with van der Waals surface area (Å²) in [6.07, 6.45) is 4.60. The van der Waals surface area contributed by atoms with E-state index < -0.39 is 0 Å². The first-order valence-electron chi connectivity index (χ1n) is 6.02. The monoisotopic (exact) mass is 225 g/mol. The number of aryl methyl sites for hydroxylation is 1. The lowest BCUT2D eigenvalue weighted by Gasteiger charge is -2.13. The summed E-state index contributed by atoms with van der Waals surface area (Å²) in [5.41, 5.74) is 1.21. The van der Waals surface area contributed by atoms with E-state index in [1.54, 1.807) is 0 Å². The van der Waals surface area contributed by atoms with Crippen LogP contribution in [0.15, 0.2) is 12.4 Å². The Balaban J connectivity index is 2.19. The van der Waals surface area contributed by atoms with E-state index in [-0.39, 0.29) is 6.10 Å². The van der Waals surface area contributed by atoms with Crippen molar-refractivity contribution in [3.63, 3.8) is 0 Å². The summed E-state index contributed by atoms with van der Waals surface area (Å²) in [4.78, 5) is 0. The normalized spacial score (nSPS) is 15.0. The zero-order valence-corrected chi connectivity index (χ0v) is 10.5. The van der Waals surface area contributed by atoms with Crippen molar-refractivity contribution in [3.8, 4) is 0 Å². The Morgan fingerprint density at radius 1 is 1.50 bits per heavy atom. The van der Waals surface area contributed by atoms with Crippen LogP contribution in [0.1, 0.15) is 32.8 Å². The van der Waals surface area contributed by atoms with Crippen LogP contribution >= 0.6 is 0 Å². The van der Waals surface area contributed by atoms with Crippen LogP contribution < -0.4 is 5.32 Å². The Morgan fingerprint density at radius 3 is 2.81 bits per heavy atom. The Labute approximate surface area is 97.7 Å². The van der Waals surface area contributed by atoms with Crippen LogP contribution in [-0.2, 0) is 13.1 Å². The lowest BCUT2D eigenvalue weighted by molar-refractivity contribution is 0.163. The molecule has 1 aromatic rings. The topological polar surface area (TPSA) is 50.1 Å². The van der Waals surface area contributed by atoms with Gasteiger partial charge in [0.1, 0.15) is 0 Å². The molecule has 0 amide bonds. The number of aliphatic hydroxyl groups is 1. The van der Waals surface area contributed by atoms with Crippen molar-refractivity contribution in [1.29, 1.82) is 0 Å². The van der Waals surface area contributed by atoms with E-state index in [2.05, 4.69) is 30.5 Å². The molecule has 0 fully saturated rings. The van der Waals surface area contributed by atoms with Gasteiger partial charge in [0.2, 0.25) is 0 Å². The highest BCUT2D eigenvalue weighted by atomic mass is 16.3. The molecule has 2 atom stereocenters. The maximum atomic E-state index is 9.23. The molecule has 0 aromatic carbocycles. The lowest BCUT2D eigenvalue weighted by Crippen LogP contribution is -2.23. The molecule has 4 heteroatoms. The lowest BCUT2D eigenvalue weighted by atomic mass is 10.0. The van der Waals surface area contributed by atoms with E-state index >= 15 is 0 Å². The third-order valence-corrected chi connectivity index (χ3v) is 2.58. The molecule has 0 saturated carbocycles. The molecule has 1 aromatic heterocycles. The summed E-state index contributed by atoms with van der Waals surface area (Å²) in [5, 5.41) is 16.8. The van der Waals surface area contributed by atoms with Crippen LogP contribution in [0.25, 0.3) is 0 Å². The molecule has 1 rings (SSSR count). The van der Waals surface area contributed by atoms with Gasteiger partial charge in [0.15, 0.2) is 0 Å². The second-order valence-corrected chi connectivity index (χ2v) is 4.53. The first kappa shape index (κ1) is 13.2. The van der Waals surface area contributed by atoms with E-state index in [1.165, 1.54) is 5.56 Å². The average molecular weight is 225 g/mol. The van der Waals surface area contributed by atoms with Crippen LogP contribution in [-0.4, -0.2) is 27.5 Å². The molecule has 16 heavy (non-hydrogen) atoms. The van der Waals surface area contributed by atoms with E-state index in [1.807, 2.05) is 17.8 Å². The molecule has 0 saturated heterocycles. The minimum atomic E-state index is -0.209. The molecule has 0 aliphatic heterocycles. The number of rotatable bonds is 7. The molecular weight excluding hydrogens is 202 g/mol. The zero-order chi connectivity index (χ0) is 12.0. The first-order valence-corrected chi connectivity index (χ1v) is 6.02. The molecule has 2 N–H and O–H groups in total. The van der Waals surface area contributed by atoms with Crippen molar-refractivity contribution in [2.75, 3.05) is 6.54 Å². The predicted molar refractivity (Wildman–Crippen MR) is 65.1 cm³/mol. The second kappa shape index (κ2) is 6.66. The fraction of sp³-hybridized carbons (Fsp3) is 0.750. The first-order chi connectivity index (χ1) is 7.61. The quantitative estimate of drug-likeness (QED) is 0.737. The highest BCUT2D eigenvalue weighted by molar-refractivity contribution is 5.03. The minimum Gasteiger partial charge on any atom is -0.393 e. The average Bonchev–Trinajstić information content (AvgIpc) is 2.64. The zero-order valence-electron chi connectivity index (χ0n) is 10.5. The Kier molecular flexibility index (Phi) is 5.49. The largest absolute Gasteiger partial charge is 0.393 e. The van der Waals surface area contributed by atoms with Gasteiger partial charge in [0.25, 0.3) is 0 Å². The van der Waals surface area contributed by atoms with Crippen molar-refractivity contribution < 1.29 is 5.11 Å². The molecule has 92 valence electrons. The van der Waals surface area contributed by atoms with Crippen LogP contribution in [0.4, 0.5) is 0 Å². The number of nitrogens with one attached hydrogen (secondary N) is 1. The summed E-state index contributed by atoms with van der Waals surface area (Å²) in [5.74, 6) is 0.501. The van der Waals surface area contributed by atoms with E-state index in [9.17, 15) is 5.11 Å². The van der Waals surface area contributed by atoms with Crippen LogP contribution in [0.2, 0.25) is 0 Å². The van der Waals surface area contributed by atoms with Gasteiger partial charge in [0.05, 0.1) is 12.3 Å². The summed E-state index contributed by atoms with van der Waals surface area (Å²) in [7, 11) is 0. The number of hydrogen-bond acceptors (Lipinski definition) is 3. The van der Waals surface area contributed by atoms with E-state index in [0.29, 0.717) is 5.92 Å². The van der Waals surface area contributed by atoms with Gasteiger partial charge in [0, 0.05) is 24.8 Å². The van der Waals surface area contributed by atoms with Gasteiger partial charge in [-0.25, -0.2) is 0 Å². The number of aliphatic hydroxyl groups excluding tert-OH is 1. The molecule has 0 radical (unpaired) electrons. The van der Waals surface area contributed by atoms with Gasteiger partial charge in [-0.2, -0.15) is 5.10 Å². The van der Waals surface area contributed by atoms with Crippen LogP contribution in [0.5, 0.6) is 0 Å². The van der Waals surface area contributed by atoms with E-state index in [4.69, 9.17) is 0 Å². The third kappa shape index (κ3) is 4.77. The molecule has 0 aliphatic rings. The number of hydrogen-bond donors (Lipinski definition) is 2. The minimum absolute atomic E-state index is 0.209. The van der Waals surface area contributed by atoms with Gasteiger partial charge in [-0.05, 0) is 32.7 Å². The van der Waals surface area contributed by atoms with Crippen LogP contribution in [0.3, 0.4) is 0 Å². The Hall–Kier alpha value is -0.870. The Bertz CT molecular complexity index is 296. The van der Waals surface area contributed by atoms with Gasteiger partial charge < -0.3 is 10.4 Å². The second-order valence-electron chi connectivity index (χ2n) is 4.53. The standard InChI is InChI=1S/C12H23N3O/c1-4-15-9-12(8-14-15)7-13-6-10(2)5-11(3)16/h8-11,13,16H,4-7H2,1-3H3. The highest BCUT2D eigenvalue weighted by Gasteiger charge is 2.05. The maximum Gasteiger partial charge on any atom is 0.0534 e. The van der Waals surface area contributed by atoms with E-state index in [0.717, 1.165) is 26.1 Å². The van der Waals surface area contributed by atoms with Gasteiger partial charge >= 0.3 is 0 Å². The summed E-state index contributed by atoms with van der Waals surface area (Å²) in [6.45, 7) is 8.76. The summed E-state index contributed by atoms with van der Waals surface area (Å²) < 4.78 is 1.93. The summed E-state index contributed by atoms with van der Waals surface area (Å²) in [6, 6.07) is 0. The molecule has 0 bridgehead atoms. The van der Waals surface area contributed by atoms with Crippen molar-refractivity contribution in [2.24, 2.45) is 5.92 Å². The van der Waals surface area contributed by atoms with Crippen molar-refractivity contribution in [2.45, 2.75) is 46.4 Å². The molecular formula is C12H23N3O. The third-order valence-electron chi connectivity index (χ3n) is 2.58. The molecule has 1 heterocycles. The molecule has 4 nitrogen and oxygen atoms in total. The number of nitrogens with zero attached hydrogens (tertiary/aromatic N) is 2. The van der Waals surface area contributed by atoms with Gasteiger partial charge in [-0.1, -0.05) is 6.92 Å². The summed E-state index contributed by atoms with van der Waals surface area (Å²) >= 11 is 0. The van der Waals surface area contributed by atoms with Gasteiger partial charge in [-0.3, -0.25) is 4.68 Å². The smallest absolute Gasteiger partial charge is 0.0534 e. The highest BCUT2D eigenvalue weighted by Crippen LogP contribution is 2.04. The Morgan fingerprint density at radius 2 is 2.25 bits per heavy atom. The maximum absolute atomic E-state index is 9.23. The van der Waals surface area contributed by atoms with Crippen molar-refractivity contribution in [1.82, 2.24) is 15.1 Å². The molecule has 0 spiro atoms. The van der Waals surface area contributed by atoms with Crippen LogP contribution in [0, 0.1) is 5.92 Å². The number of aromatic nitrogens is 2. The molecule has 2 unspecified atom stereocenters. The SMILES string of the molecule is CCn1cc(CNCC(C)CC(C)O)cn1. The fourth-order valence-corrected chi connectivity index (χ4v) is 1.80.